The third kappa shape index (κ3) is 19.0. The second-order valence-electron chi connectivity index (χ2n) is 0.648. The van der Waals surface area contributed by atoms with Crippen LogP contribution in [0.1, 0.15) is 6.92 Å². The van der Waals surface area contributed by atoms with E-state index in [1.54, 1.807) is 13.0 Å². The SMILES string of the molecule is [CH-]=CC=[C-]C.[Li+].[Y]. The van der Waals surface area contributed by atoms with Crippen molar-refractivity contribution in [1.82, 2.24) is 0 Å². The first-order valence-electron chi connectivity index (χ1n) is 1.46. The molecule has 1 radical (unpaired) electrons. The monoisotopic (exact) mass is 162 g/mol. The van der Waals surface area contributed by atoms with Crippen molar-refractivity contribution in [3.05, 3.63) is 24.8 Å². The van der Waals surface area contributed by atoms with E-state index in [-0.39, 0.29) is 51.6 Å². The summed E-state index contributed by atoms with van der Waals surface area (Å²) in [5.41, 5.74) is 0. The smallest absolute Gasteiger partial charge is 0.394 e. The molecular weight excluding hydrogens is 156 g/mol. The van der Waals surface area contributed by atoms with Crippen LogP contribution in [0, 0.1) is 12.7 Å². The molecule has 0 aromatic heterocycles. The predicted molar refractivity (Wildman–Crippen MR) is 22.4 cm³/mol. The summed E-state index contributed by atoms with van der Waals surface area (Å²) in [6, 6.07) is 0. The molecule has 0 aliphatic carbocycles. The molecule has 0 rings (SSSR count). The summed E-state index contributed by atoms with van der Waals surface area (Å²) in [7, 11) is 0. The Morgan fingerprint density at radius 2 is 2.00 bits per heavy atom. The minimum atomic E-state index is 0. The Bertz CT molecular complexity index is 50.0. The van der Waals surface area contributed by atoms with Crippen LogP contribution < -0.4 is 18.9 Å². The van der Waals surface area contributed by atoms with Gasteiger partial charge in [-0.3, -0.25) is 0 Å². The molecule has 0 unspecified atom stereocenters. The molecule has 0 atom stereocenters. The van der Waals surface area contributed by atoms with Crippen LogP contribution in [-0.4, -0.2) is 0 Å². The molecule has 0 aliphatic heterocycles. The van der Waals surface area contributed by atoms with E-state index in [2.05, 4.69) is 6.08 Å². The zero-order valence-corrected chi connectivity index (χ0v) is 7.65. The van der Waals surface area contributed by atoms with Crippen LogP contribution in [0.4, 0.5) is 0 Å². The average Bonchev–Trinajstić information content (AvgIpc) is 1.41. The number of hydrogen-bond acceptors (Lipinski definition) is 0. The van der Waals surface area contributed by atoms with Gasteiger partial charge in [0.15, 0.2) is 0 Å². The van der Waals surface area contributed by atoms with Gasteiger partial charge >= 0.3 is 18.9 Å². The van der Waals surface area contributed by atoms with E-state index in [1.165, 1.54) is 6.08 Å². The number of hydrogen-bond donors (Lipinski definition) is 0. The van der Waals surface area contributed by atoms with Crippen LogP contribution in [-0.2, 0) is 32.7 Å². The van der Waals surface area contributed by atoms with E-state index in [4.69, 9.17) is 6.58 Å². The van der Waals surface area contributed by atoms with E-state index in [9.17, 15) is 0 Å². The Hall–Kier alpha value is 1.18. The van der Waals surface area contributed by atoms with Gasteiger partial charge in [-0.1, -0.05) is 0 Å². The van der Waals surface area contributed by atoms with Crippen molar-refractivity contribution in [2.24, 2.45) is 0 Å². The van der Waals surface area contributed by atoms with Crippen LogP contribution in [0.2, 0.25) is 0 Å². The van der Waals surface area contributed by atoms with E-state index in [0.29, 0.717) is 0 Å². The van der Waals surface area contributed by atoms with Crippen molar-refractivity contribution >= 4 is 0 Å². The molecule has 0 spiro atoms. The van der Waals surface area contributed by atoms with Gasteiger partial charge in [-0.05, 0) is 0 Å². The third-order valence-electron chi connectivity index (χ3n) is 0.263. The summed E-state index contributed by atoms with van der Waals surface area (Å²) in [6.07, 6.45) is 5.81. The molecule has 0 aromatic carbocycles. The molecule has 2 heteroatoms. The van der Waals surface area contributed by atoms with E-state index in [0.717, 1.165) is 0 Å². The van der Waals surface area contributed by atoms with E-state index < -0.39 is 0 Å². The summed E-state index contributed by atoms with van der Waals surface area (Å²) in [6.45, 7) is 6.69. The molecule has 0 amide bonds. The third-order valence-corrected chi connectivity index (χ3v) is 0.263. The van der Waals surface area contributed by atoms with Gasteiger partial charge in [-0.25, -0.2) is 0 Å². The van der Waals surface area contributed by atoms with E-state index in [1.807, 2.05) is 0 Å². The molecule has 0 nitrogen and oxygen atoms in total. The van der Waals surface area contributed by atoms with Crippen LogP contribution in [0.3, 0.4) is 0 Å². The molecule has 0 saturated heterocycles. The second kappa shape index (κ2) is 15.7. The van der Waals surface area contributed by atoms with Gasteiger partial charge in [0, 0.05) is 32.7 Å². The van der Waals surface area contributed by atoms with Gasteiger partial charge in [0.1, 0.15) is 0 Å². The van der Waals surface area contributed by atoms with Crippen LogP contribution in [0.5, 0.6) is 0 Å². The van der Waals surface area contributed by atoms with Gasteiger partial charge in [0.2, 0.25) is 0 Å². The summed E-state index contributed by atoms with van der Waals surface area (Å²) in [5, 5.41) is 0. The summed E-state index contributed by atoms with van der Waals surface area (Å²) in [5.74, 6) is 0. The van der Waals surface area contributed by atoms with Gasteiger partial charge < -0.3 is 24.8 Å². The van der Waals surface area contributed by atoms with Gasteiger partial charge in [-0.2, -0.15) is 0 Å². The molecule has 0 saturated carbocycles. The molecule has 31 valence electrons. The zero-order valence-electron chi connectivity index (χ0n) is 4.81. The fourth-order valence-corrected chi connectivity index (χ4v) is 0.0962. The van der Waals surface area contributed by atoms with Crippen LogP contribution in [0.15, 0.2) is 12.2 Å². The molecule has 0 aliphatic rings. The minimum Gasteiger partial charge on any atom is -0.394 e. The van der Waals surface area contributed by atoms with Crippen molar-refractivity contribution in [2.45, 2.75) is 6.92 Å². The fraction of sp³-hybridized carbons (Fsp3) is 0.200. The van der Waals surface area contributed by atoms with Crippen LogP contribution >= 0.6 is 0 Å². The Balaban J connectivity index is -0.0000000800. The molecule has 0 fully saturated rings. The maximum absolute atomic E-state index is 4.90. The zero-order chi connectivity index (χ0) is 4.12. The number of rotatable bonds is 1. The molecule has 0 N–H and O–H groups in total. The first-order valence-corrected chi connectivity index (χ1v) is 1.46. The first kappa shape index (κ1) is 15.7. The minimum absolute atomic E-state index is 0. The number of allylic oxidation sites excluding steroid dienone is 3. The van der Waals surface area contributed by atoms with Gasteiger partial charge in [0.05, 0.1) is 0 Å². The summed E-state index contributed by atoms with van der Waals surface area (Å²) in [4.78, 5) is 0. The van der Waals surface area contributed by atoms with Crippen molar-refractivity contribution in [1.29, 1.82) is 0 Å². The van der Waals surface area contributed by atoms with Crippen LogP contribution in [0.25, 0.3) is 0 Å². The normalized spacial score (nSPS) is 6.43. The van der Waals surface area contributed by atoms with Gasteiger partial charge in [0.25, 0.3) is 0 Å². The van der Waals surface area contributed by atoms with Gasteiger partial charge in [-0.15, -0.1) is 6.92 Å². The Labute approximate surface area is 82.5 Å². The molecule has 0 bridgehead atoms. The maximum Gasteiger partial charge on any atom is 1.00 e. The quantitative estimate of drug-likeness (QED) is 0.246. The van der Waals surface area contributed by atoms with E-state index >= 15 is 0 Å². The Morgan fingerprint density at radius 3 is 2.00 bits per heavy atom. The van der Waals surface area contributed by atoms with Crippen molar-refractivity contribution < 1.29 is 51.6 Å². The predicted octanol–water partition coefficient (Wildman–Crippen LogP) is -1.64. The maximum atomic E-state index is 4.90. The topological polar surface area (TPSA) is 0 Å². The fourth-order valence-electron chi connectivity index (χ4n) is 0.0962. The Kier molecular flexibility index (Phi) is 35.2. The van der Waals surface area contributed by atoms with Crippen molar-refractivity contribution in [3.63, 3.8) is 0 Å². The molecular formula is C5H6LiY-. The van der Waals surface area contributed by atoms with Crippen molar-refractivity contribution in [3.8, 4) is 0 Å². The Morgan fingerprint density at radius 1 is 1.57 bits per heavy atom. The summed E-state index contributed by atoms with van der Waals surface area (Å²) < 4.78 is 0. The second-order valence-corrected chi connectivity index (χ2v) is 0.648. The van der Waals surface area contributed by atoms with Crippen molar-refractivity contribution in [2.75, 3.05) is 0 Å². The molecule has 0 heterocycles. The standard InChI is InChI=1S/C5H6.Li.Y/c1-3-5-4-2;;/h1,3,5H,2H3;;/q-2;+1;. The molecule has 7 heavy (non-hydrogen) atoms. The average molecular weight is 162 g/mol. The molecule has 0 aromatic rings. The largest absolute Gasteiger partial charge is 1.00 e. The summed E-state index contributed by atoms with van der Waals surface area (Å²) >= 11 is 0. The first-order chi connectivity index (χ1) is 2.41.